The smallest absolute Gasteiger partial charge is 0.429 e. The van der Waals surface area contributed by atoms with Crippen LogP contribution in [0.3, 0.4) is 0 Å². The molecule has 1 unspecified atom stereocenters. The molecule has 0 saturated carbocycles. The lowest BCUT2D eigenvalue weighted by Crippen LogP contribution is -2.41. The van der Waals surface area contributed by atoms with Gasteiger partial charge < -0.3 is 10.1 Å². The molecule has 0 saturated heterocycles. The first-order valence-electron chi connectivity index (χ1n) is 5.45. The van der Waals surface area contributed by atoms with Crippen LogP contribution in [0.25, 0.3) is 0 Å². The topological polar surface area (TPSA) is 47.6 Å². The van der Waals surface area contributed by atoms with Crippen molar-refractivity contribution < 1.29 is 45.0 Å². The Labute approximate surface area is 118 Å². The van der Waals surface area contributed by atoms with E-state index in [4.69, 9.17) is 0 Å². The Kier molecular flexibility index (Phi) is 5.58. The molecule has 1 aromatic rings. The number of hydrogen-bond acceptors (Lipinski definition) is 3. The maximum Gasteiger partial charge on any atom is 0.525 e. The Bertz CT molecular complexity index is 503. The zero-order chi connectivity index (χ0) is 17.0. The van der Waals surface area contributed by atoms with Crippen molar-refractivity contribution in [1.29, 1.82) is 0 Å². The van der Waals surface area contributed by atoms with E-state index in [2.05, 4.69) is 9.47 Å². The molecule has 124 valence electrons. The summed E-state index contributed by atoms with van der Waals surface area (Å²) in [6.07, 6.45) is -14.6. The first kappa shape index (κ1) is 18.0. The molecular formula is C11H8F7NO3. The van der Waals surface area contributed by atoms with Gasteiger partial charge in [-0.05, 0) is 24.3 Å². The number of anilines is 1. The van der Waals surface area contributed by atoms with Gasteiger partial charge in [-0.25, -0.2) is 13.5 Å². The average molecular weight is 335 g/mol. The van der Waals surface area contributed by atoms with Crippen LogP contribution in [0.4, 0.5) is 36.4 Å². The molecule has 0 heterocycles. The summed E-state index contributed by atoms with van der Waals surface area (Å²) in [7, 11) is 0. The van der Waals surface area contributed by atoms with Crippen LogP contribution in [0.15, 0.2) is 24.3 Å². The summed E-state index contributed by atoms with van der Waals surface area (Å²) >= 11 is 0. The number of carbonyl (C=O) groups is 1. The van der Waals surface area contributed by atoms with Gasteiger partial charge in [0.2, 0.25) is 0 Å². The fraction of sp³-hybridized carbons (Fsp3) is 0.364. The van der Waals surface area contributed by atoms with E-state index in [0.29, 0.717) is 0 Å². The molecule has 0 aliphatic carbocycles. The number of nitrogens with one attached hydrogen (secondary N) is 1. The van der Waals surface area contributed by atoms with Crippen molar-refractivity contribution in [2.45, 2.75) is 18.8 Å². The predicted octanol–water partition coefficient (Wildman–Crippen LogP) is 3.40. The van der Waals surface area contributed by atoms with E-state index in [1.165, 1.54) is 0 Å². The van der Waals surface area contributed by atoms with Crippen molar-refractivity contribution >= 4 is 11.6 Å². The Morgan fingerprint density at radius 2 is 1.68 bits per heavy atom. The highest BCUT2D eigenvalue weighted by Crippen LogP contribution is 2.32. The standard InChI is InChI=1S/C11H8F7NO3/c12-5-8(20)19-6-1-3-7(4-2-6)21-10(14,15)9(13)22-11(16,17)18/h1-4,9H,5H2,(H,19,20). The lowest BCUT2D eigenvalue weighted by atomic mass is 10.3. The van der Waals surface area contributed by atoms with Crippen LogP contribution in [-0.4, -0.2) is 31.4 Å². The number of carbonyl (C=O) groups excluding carboxylic acids is 1. The minimum Gasteiger partial charge on any atom is -0.429 e. The van der Waals surface area contributed by atoms with Gasteiger partial charge in [-0.3, -0.25) is 4.79 Å². The van der Waals surface area contributed by atoms with Crippen molar-refractivity contribution in [2.75, 3.05) is 12.0 Å². The zero-order valence-electron chi connectivity index (χ0n) is 10.5. The molecule has 0 aromatic heterocycles. The molecule has 0 aliphatic rings. The normalized spacial score (nSPS) is 13.6. The number of rotatable bonds is 6. The van der Waals surface area contributed by atoms with Gasteiger partial charge in [0, 0.05) is 5.69 Å². The second-order valence-electron chi connectivity index (χ2n) is 3.75. The SMILES string of the molecule is O=C(CF)Nc1ccc(OC(F)(F)C(F)OC(F)(F)F)cc1. The van der Waals surface area contributed by atoms with E-state index < -0.39 is 37.2 Å². The van der Waals surface area contributed by atoms with Gasteiger partial charge in [-0.1, -0.05) is 0 Å². The van der Waals surface area contributed by atoms with Gasteiger partial charge in [0.1, 0.15) is 5.75 Å². The average Bonchev–Trinajstić information content (AvgIpc) is 2.38. The van der Waals surface area contributed by atoms with Crippen molar-refractivity contribution in [3.63, 3.8) is 0 Å². The molecule has 11 heteroatoms. The molecule has 4 nitrogen and oxygen atoms in total. The fourth-order valence-electron chi connectivity index (χ4n) is 1.19. The Morgan fingerprint density at radius 1 is 1.14 bits per heavy atom. The Hall–Kier alpha value is -2.04. The van der Waals surface area contributed by atoms with E-state index in [1.54, 1.807) is 0 Å². The number of benzene rings is 1. The molecule has 0 bridgehead atoms. The summed E-state index contributed by atoms with van der Waals surface area (Å²) in [6.45, 7) is -1.31. The largest absolute Gasteiger partial charge is 0.525 e. The number of hydrogen-bond donors (Lipinski definition) is 1. The summed E-state index contributed by atoms with van der Waals surface area (Å²) in [6, 6.07) is 3.61. The van der Waals surface area contributed by atoms with Crippen LogP contribution in [-0.2, 0) is 9.53 Å². The molecule has 1 atom stereocenters. The lowest BCUT2D eigenvalue weighted by Gasteiger charge is -2.22. The molecule has 1 N–H and O–H groups in total. The van der Waals surface area contributed by atoms with Crippen LogP contribution in [0.1, 0.15) is 0 Å². The highest BCUT2D eigenvalue weighted by atomic mass is 19.4. The predicted molar refractivity (Wildman–Crippen MR) is 58.7 cm³/mol. The van der Waals surface area contributed by atoms with Crippen LogP contribution < -0.4 is 10.1 Å². The summed E-state index contributed by atoms with van der Waals surface area (Å²) in [5.74, 6) is -1.70. The fourth-order valence-corrected chi connectivity index (χ4v) is 1.19. The van der Waals surface area contributed by atoms with Crippen LogP contribution >= 0.6 is 0 Å². The summed E-state index contributed by atoms with van der Waals surface area (Å²) in [5.41, 5.74) is 0.0154. The summed E-state index contributed by atoms with van der Waals surface area (Å²) in [4.78, 5) is 10.7. The molecule has 22 heavy (non-hydrogen) atoms. The first-order valence-corrected chi connectivity index (χ1v) is 5.45. The highest BCUT2D eigenvalue weighted by Gasteiger charge is 2.50. The molecular weight excluding hydrogens is 327 g/mol. The molecule has 1 aromatic carbocycles. The van der Waals surface area contributed by atoms with E-state index in [0.717, 1.165) is 24.3 Å². The molecule has 1 rings (SSSR count). The van der Waals surface area contributed by atoms with E-state index in [9.17, 15) is 35.5 Å². The number of amides is 1. The lowest BCUT2D eigenvalue weighted by molar-refractivity contribution is -0.411. The minimum atomic E-state index is -5.60. The van der Waals surface area contributed by atoms with Gasteiger partial charge in [-0.2, -0.15) is 8.78 Å². The number of alkyl halides is 7. The first-order chi connectivity index (χ1) is 10.0. The van der Waals surface area contributed by atoms with Crippen molar-refractivity contribution in [3.8, 4) is 5.75 Å². The van der Waals surface area contributed by atoms with Crippen molar-refractivity contribution in [2.24, 2.45) is 0 Å². The van der Waals surface area contributed by atoms with E-state index in [1.807, 2.05) is 5.32 Å². The van der Waals surface area contributed by atoms with Crippen molar-refractivity contribution in [3.05, 3.63) is 24.3 Å². The molecule has 0 fully saturated rings. The maximum atomic E-state index is 13.1. The van der Waals surface area contributed by atoms with E-state index in [-0.39, 0.29) is 5.69 Å². The Morgan fingerprint density at radius 3 is 2.14 bits per heavy atom. The molecule has 1 amide bonds. The second kappa shape index (κ2) is 6.81. The minimum absolute atomic E-state index is 0.0154. The van der Waals surface area contributed by atoms with Gasteiger partial charge >= 0.3 is 18.8 Å². The quantitative estimate of drug-likeness (QED) is 0.811. The third-order valence-electron chi connectivity index (χ3n) is 2.01. The molecule has 0 radical (unpaired) electrons. The van der Waals surface area contributed by atoms with Gasteiger partial charge in [0.25, 0.3) is 5.91 Å². The molecule has 0 aliphatic heterocycles. The molecule has 0 spiro atoms. The maximum absolute atomic E-state index is 13.1. The third-order valence-corrected chi connectivity index (χ3v) is 2.01. The van der Waals surface area contributed by atoms with Crippen LogP contribution in [0.2, 0.25) is 0 Å². The van der Waals surface area contributed by atoms with E-state index >= 15 is 0 Å². The van der Waals surface area contributed by atoms with Crippen LogP contribution in [0.5, 0.6) is 5.75 Å². The second-order valence-corrected chi connectivity index (χ2v) is 3.75. The third kappa shape index (κ3) is 5.76. The van der Waals surface area contributed by atoms with Gasteiger partial charge in [0.15, 0.2) is 6.67 Å². The monoisotopic (exact) mass is 335 g/mol. The highest BCUT2D eigenvalue weighted by molar-refractivity contribution is 5.91. The van der Waals surface area contributed by atoms with Crippen LogP contribution in [0, 0.1) is 0 Å². The van der Waals surface area contributed by atoms with Crippen molar-refractivity contribution in [1.82, 2.24) is 0 Å². The number of ether oxygens (including phenoxy) is 2. The van der Waals surface area contributed by atoms with Gasteiger partial charge in [-0.15, -0.1) is 13.2 Å². The zero-order valence-corrected chi connectivity index (χ0v) is 10.5. The van der Waals surface area contributed by atoms with Gasteiger partial charge in [0.05, 0.1) is 0 Å². The summed E-state index contributed by atoms with van der Waals surface area (Å²) < 4.78 is 92.1. The summed E-state index contributed by atoms with van der Waals surface area (Å²) in [5, 5.41) is 2.03. The number of halogens is 7. The Balaban J connectivity index is 2.71.